The fourth-order valence-electron chi connectivity index (χ4n) is 2.97. The highest BCUT2D eigenvalue weighted by molar-refractivity contribution is 5.93. The Morgan fingerprint density at radius 3 is 2.68 bits per heavy atom. The average molecular weight is 386 g/mol. The van der Waals surface area contributed by atoms with E-state index in [9.17, 15) is 14.0 Å². The number of aromatic nitrogens is 2. The smallest absolute Gasteiger partial charge is 0.274 e. The molecule has 7 nitrogen and oxygen atoms in total. The number of benzene rings is 1. The van der Waals surface area contributed by atoms with E-state index >= 15 is 0 Å². The molecule has 1 aliphatic heterocycles. The minimum Gasteiger partial charge on any atom is -0.376 e. The van der Waals surface area contributed by atoms with Gasteiger partial charge in [-0.05, 0) is 44.0 Å². The second kappa shape index (κ2) is 9.36. The van der Waals surface area contributed by atoms with Crippen LogP contribution in [0.3, 0.4) is 0 Å². The molecule has 8 heteroatoms. The predicted molar refractivity (Wildman–Crippen MR) is 101 cm³/mol. The molecule has 1 aliphatic rings. The molecule has 0 spiro atoms. The predicted octanol–water partition coefficient (Wildman–Crippen LogP) is 2.57. The molecule has 0 saturated carbocycles. The molecule has 2 amide bonds. The Hall–Kier alpha value is -2.87. The standard InChI is InChI=1S/C20H23FN4O3/c1-14-11-23-18(12-22-14)20(27)25(13-17-3-2-10-28-17)9-8-19(26)24-16-6-4-15(21)5-7-16/h4-7,11-12,17H,2-3,8-10,13H2,1H3,(H,24,26). The Balaban J connectivity index is 1.62. The Morgan fingerprint density at radius 1 is 1.25 bits per heavy atom. The number of anilines is 1. The summed E-state index contributed by atoms with van der Waals surface area (Å²) in [7, 11) is 0. The van der Waals surface area contributed by atoms with Crippen molar-refractivity contribution in [1.82, 2.24) is 14.9 Å². The fraction of sp³-hybridized carbons (Fsp3) is 0.400. The first kappa shape index (κ1) is 19.9. The van der Waals surface area contributed by atoms with E-state index in [2.05, 4.69) is 15.3 Å². The molecule has 0 aliphatic carbocycles. The molecule has 1 atom stereocenters. The van der Waals surface area contributed by atoms with Crippen LogP contribution in [0.4, 0.5) is 10.1 Å². The topological polar surface area (TPSA) is 84.4 Å². The Labute approximate surface area is 162 Å². The number of halogens is 1. The molecule has 1 unspecified atom stereocenters. The molecule has 2 aromatic rings. The number of rotatable bonds is 7. The van der Waals surface area contributed by atoms with Gasteiger partial charge in [0.1, 0.15) is 11.5 Å². The number of carbonyl (C=O) groups is 2. The average Bonchev–Trinajstić information content (AvgIpc) is 3.20. The second-order valence-corrected chi connectivity index (χ2v) is 6.73. The molecule has 2 heterocycles. The summed E-state index contributed by atoms with van der Waals surface area (Å²) in [4.78, 5) is 34.9. The third-order valence-corrected chi connectivity index (χ3v) is 4.47. The summed E-state index contributed by atoms with van der Waals surface area (Å²) in [6.45, 7) is 3.10. The van der Waals surface area contributed by atoms with Crippen LogP contribution in [0.1, 0.15) is 35.4 Å². The summed E-state index contributed by atoms with van der Waals surface area (Å²) in [6, 6.07) is 5.53. The van der Waals surface area contributed by atoms with E-state index in [0.717, 1.165) is 18.5 Å². The maximum Gasteiger partial charge on any atom is 0.274 e. The lowest BCUT2D eigenvalue weighted by Gasteiger charge is -2.25. The number of aryl methyl sites for hydroxylation is 1. The third kappa shape index (κ3) is 5.56. The van der Waals surface area contributed by atoms with Crippen molar-refractivity contribution in [2.45, 2.75) is 32.3 Å². The maximum atomic E-state index is 13.0. The zero-order chi connectivity index (χ0) is 19.9. The lowest BCUT2D eigenvalue weighted by molar-refractivity contribution is -0.116. The van der Waals surface area contributed by atoms with Crippen molar-refractivity contribution in [2.24, 2.45) is 0 Å². The van der Waals surface area contributed by atoms with Crippen LogP contribution in [0.2, 0.25) is 0 Å². The van der Waals surface area contributed by atoms with Crippen molar-refractivity contribution in [3.05, 3.63) is 53.9 Å². The zero-order valence-electron chi connectivity index (χ0n) is 15.7. The first-order valence-corrected chi connectivity index (χ1v) is 9.26. The summed E-state index contributed by atoms with van der Waals surface area (Å²) in [5.74, 6) is -0.908. The van der Waals surface area contributed by atoms with Crippen molar-refractivity contribution in [2.75, 3.05) is 25.0 Å². The molecule has 148 valence electrons. The molecular weight excluding hydrogens is 363 g/mol. The van der Waals surface area contributed by atoms with Gasteiger partial charge in [-0.1, -0.05) is 0 Å². The molecule has 0 radical (unpaired) electrons. The Morgan fingerprint density at radius 2 is 2.04 bits per heavy atom. The molecule has 1 N–H and O–H groups in total. The molecule has 1 aromatic heterocycles. The summed E-state index contributed by atoms with van der Waals surface area (Å²) < 4.78 is 18.6. The highest BCUT2D eigenvalue weighted by Crippen LogP contribution is 2.15. The lowest BCUT2D eigenvalue weighted by Crippen LogP contribution is -2.39. The number of nitrogens with zero attached hydrogens (tertiary/aromatic N) is 3. The number of hydrogen-bond acceptors (Lipinski definition) is 5. The van der Waals surface area contributed by atoms with Crippen LogP contribution in [0.25, 0.3) is 0 Å². The van der Waals surface area contributed by atoms with Gasteiger partial charge in [0.2, 0.25) is 5.91 Å². The summed E-state index contributed by atoms with van der Waals surface area (Å²) in [5, 5.41) is 2.70. The summed E-state index contributed by atoms with van der Waals surface area (Å²) in [6.07, 6.45) is 4.89. The van der Waals surface area contributed by atoms with E-state index in [1.54, 1.807) is 18.0 Å². The van der Waals surface area contributed by atoms with Crippen LogP contribution < -0.4 is 5.32 Å². The van der Waals surface area contributed by atoms with Gasteiger partial charge in [-0.2, -0.15) is 0 Å². The van der Waals surface area contributed by atoms with Gasteiger partial charge in [0.15, 0.2) is 0 Å². The maximum absolute atomic E-state index is 13.0. The molecule has 1 saturated heterocycles. The van der Waals surface area contributed by atoms with Gasteiger partial charge in [0, 0.05) is 38.0 Å². The van der Waals surface area contributed by atoms with Crippen molar-refractivity contribution >= 4 is 17.5 Å². The first-order valence-electron chi connectivity index (χ1n) is 9.26. The largest absolute Gasteiger partial charge is 0.376 e. The van der Waals surface area contributed by atoms with Crippen LogP contribution in [0.5, 0.6) is 0 Å². The summed E-state index contributed by atoms with van der Waals surface area (Å²) in [5.41, 5.74) is 1.47. The van der Waals surface area contributed by atoms with Gasteiger partial charge in [0.25, 0.3) is 5.91 Å². The molecule has 1 fully saturated rings. The minimum absolute atomic E-state index is 0.0393. The minimum atomic E-state index is -0.370. The van der Waals surface area contributed by atoms with Crippen molar-refractivity contribution in [3.63, 3.8) is 0 Å². The highest BCUT2D eigenvalue weighted by Gasteiger charge is 2.24. The van der Waals surface area contributed by atoms with Gasteiger partial charge >= 0.3 is 0 Å². The van der Waals surface area contributed by atoms with Crippen LogP contribution >= 0.6 is 0 Å². The van der Waals surface area contributed by atoms with E-state index in [0.29, 0.717) is 18.8 Å². The zero-order valence-corrected chi connectivity index (χ0v) is 15.7. The van der Waals surface area contributed by atoms with E-state index in [1.807, 2.05) is 0 Å². The quantitative estimate of drug-likeness (QED) is 0.791. The van der Waals surface area contributed by atoms with Crippen LogP contribution in [-0.4, -0.2) is 52.5 Å². The number of nitrogens with one attached hydrogen (secondary N) is 1. The Kier molecular flexibility index (Phi) is 6.65. The molecule has 28 heavy (non-hydrogen) atoms. The van der Waals surface area contributed by atoms with Gasteiger partial charge in [-0.3, -0.25) is 14.6 Å². The van der Waals surface area contributed by atoms with E-state index in [1.165, 1.54) is 30.5 Å². The van der Waals surface area contributed by atoms with Gasteiger partial charge < -0.3 is 15.0 Å². The normalized spacial score (nSPS) is 16.0. The van der Waals surface area contributed by atoms with Gasteiger partial charge in [-0.25, -0.2) is 9.37 Å². The molecular formula is C20H23FN4O3. The second-order valence-electron chi connectivity index (χ2n) is 6.73. The number of carbonyl (C=O) groups excluding carboxylic acids is 2. The van der Waals surface area contributed by atoms with Gasteiger partial charge in [0.05, 0.1) is 18.0 Å². The first-order chi connectivity index (χ1) is 13.5. The molecule has 0 bridgehead atoms. The number of hydrogen-bond donors (Lipinski definition) is 1. The molecule has 3 rings (SSSR count). The van der Waals surface area contributed by atoms with Crippen LogP contribution in [0, 0.1) is 12.7 Å². The van der Waals surface area contributed by atoms with Crippen molar-refractivity contribution in [1.29, 1.82) is 0 Å². The SMILES string of the molecule is Cc1cnc(C(=O)N(CCC(=O)Nc2ccc(F)cc2)CC2CCCO2)cn1. The fourth-order valence-corrected chi connectivity index (χ4v) is 2.97. The molecule has 1 aromatic carbocycles. The Bertz CT molecular complexity index is 805. The van der Waals surface area contributed by atoms with Crippen LogP contribution in [0.15, 0.2) is 36.7 Å². The van der Waals surface area contributed by atoms with Crippen molar-refractivity contribution in [3.8, 4) is 0 Å². The van der Waals surface area contributed by atoms with Crippen LogP contribution in [-0.2, 0) is 9.53 Å². The van der Waals surface area contributed by atoms with Gasteiger partial charge in [-0.15, -0.1) is 0 Å². The summed E-state index contributed by atoms with van der Waals surface area (Å²) >= 11 is 0. The van der Waals surface area contributed by atoms with Crippen molar-refractivity contribution < 1.29 is 18.7 Å². The van der Waals surface area contributed by atoms with E-state index in [-0.39, 0.29) is 42.4 Å². The lowest BCUT2D eigenvalue weighted by atomic mass is 10.2. The number of ether oxygens (including phenoxy) is 1. The highest BCUT2D eigenvalue weighted by atomic mass is 19.1. The third-order valence-electron chi connectivity index (χ3n) is 4.47. The monoisotopic (exact) mass is 386 g/mol. The number of amides is 2. The van der Waals surface area contributed by atoms with E-state index in [4.69, 9.17) is 4.74 Å². The van der Waals surface area contributed by atoms with E-state index < -0.39 is 0 Å².